The fourth-order valence-corrected chi connectivity index (χ4v) is 1.87. The third-order valence-corrected chi connectivity index (χ3v) is 2.63. The van der Waals surface area contributed by atoms with Crippen LogP contribution in [0.25, 0.3) is 0 Å². The Hall–Kier alpha value is -1.16. The lowest BCUT2D eigenvalue weighted by molar-refractivity contribution is 0.447. The van der Waals surface area contributed by atoms with Gasteiger partial charge in [-0.3, -0.25) is 0 Å². The molecule has 1 heterocycles. The Labute approximate surface area is 84.0 Å². The summed E-state index contributed by atoms with van der Waals surface area (Å²) in [5.74, 6) is 0.997. The van der Waals surface area contributed by atoms with Gasteiger partial charge in [0.15, 0.2) is 0 Å². The molecule has 1 unspecified atom stereocenters. The molecule has 0 fully saturated rings. The molecule has 1 aromatic rings. The maximum Gasteiger partial charge on any atom is 0.149 e. The van der Waals surface area contributed by atoms with Crippen LogP contribution in [-0.2, 0) is 7.05 Å². The first-order valence-electron chi connectivity index (χ1n) is 5.02. The lowest BCUT2D eigenvalue weighted by atomic mass is 10.2. The summed E-state index contributed by atoms with van der Waals surface area (Å²) in [5.41, 5.74) is 0. The summed E-state index contributed by atoms with van der Waals surface area (Å²) in [4.78, 5) is 0. The topological polar surface area (TPSA) is 42.7 Å². The van der Waals surface area contributed by atoms with Crippen LogP contribution in [0.1, 0.15) is 31.6 Å². The minimum absolute atomic E-state index is 0.271. The van der Waals surface area contributed by atoms with Gasteiger partial charge in [0, 0.05) is 13.1 Å². The summed E-state index contributed by atoms with van der Waals surface area (Å²) in [5, 5.41) is 11.5. The Bertz CT molecular complexity index is 321. The van der Waals surface area contributed by atoms with Crippen LogP contribution in [0.5, 0.6) is 0 Å². The molecule has 4 nitrogen and oxygen atoms in total. The monoisotopic (exact) mass is 192 g/mol. The van der Waals surface area contributed by atoms with Gasteiger partial charge in [-0.25, -0.2) is 0 Å². The van der Waals surface area contributed by atoms with Gasteiger partial charge >= 0.3 is 0 Å². The molecule has 0 amide bonds. The zero-order valence-corrected chi connectivity index (χ0v) is 8.64. The molecule has 0 aromatic carbocycles. The fraction of sp³-hybridized carbons (Fsp3) is 0.600. The van der Waals surface area contributed by atoms with Crippen LogP contribution in [0.4, 0.5) is 0 Å². The summed E-state index contributed by atoms with van der Waals surface area (Å²) < 4.78 is 1.96. The highest BCUT2D eigenvalue weighted by Crippen LogP contribution is 2.15. The average Bonchev–Trinajstić information content (AvgIpc) is 2.75. The van der Waals surface area contributed by atoms with E-state index in [1.165, 1.54) is 0 Å². The Morgan fingerprint density at radius 2 is 2.21 bits per heavy atom. The zero-order chi connectivity index (χ0) is 9.97. The predicted molar refractivity (Wildman–Crippen MR) is 54.7 cm³/mol. The van der Waals surface area contributed by atoms with E-state index in [4.69, 9.17) is 0 Å². The minimum atomic E-state index is 0.271. The number of nitrogens with zero attached hydrogens (tertiary/aromatic N) is 3. The van der Waals surface area contributed by atoms with Gasteiger partial charge in [-0.15, -0.1) is 10.2 Å². The van der Waals surface area contributed by atoms with Crippen LogP contribution in [0.2, 0.25) is 0 Å². The Morgan fingerprint density at radius 1 is 1.50 bits per heavy atom. The van der Waals surface area contributed by atoms with Crippen LogP contribution in [0, 0.1) is 0 Å². The lowest BCUT2D eigenvalue weighted by Gasteiger charge is -2.18. The molecule has 0 spiro atoms. The van der Waals surface area contributed by atoms with E-state index in [0.29, 0.717) is 6.04 Å². The quantitative estimate of drug-likeness (QED) is 0.731. The third kappa shape index (κ3) is 1.85. The first kappa shape index (κ1) is 9.40. The van der Waals surface area contributed by atoms with Gasteiger partial charge in [0.25, 0.3) is 0 Å². The van der Waals surface area contributed by atoms with E-state index in [1.54, 1.807) is 6.33 Å². The summed E-state index contributed by atoms with van der Waals surface area (Å²) in [7, 11) is 1.97. The summed E-state index contributed by atoms with van der Waals surface area (Å²) in [6.45, 7) is 2.13. The van der Waals surface area contributed by atoms with E-state index in [9.17, 15) is 0 Å². The minimum Gasteiger partial charge on any atom is -0.319 e. The van der Waals surface area contributed by atoms with Gasteiger partial charge in [-0.1, -0.05) is 12.2 Å². The highest BCUT2D eigenvalue weighted by Gasteiger charge is 2.16. The van der Waals surface area contributed by atoms with Gasteiger partial charge in [0.05, 0.1) is 6.04 Å². The average molecular weight is 192 g/mol. The molecule has 1 aliphatic carbocycles. The van der Waals surface area contributed by atoms with Crippen molar-refractivity contribution in [1.29, 1.82) is 0 Å². The van der Waals surface area contributed by atoms with Gasteiger partial charge in [0.1, 0.15) is 12.2 Å². The Balaban J connectivity index is 1.95. The summed E-state index contributed by atoms with van der Waals surface area (Å²) >= 11 is 0. The number of rotatable bonds is 3. The van der Waals surface area contributed by atoms with Crippen molar-refractivity contribution in [2.24, 2.45) is 7.05 Å². The third-order valence-electron chi connectivity index (χ3n) is 2.63. The maximum absolute atomic E-state index is 4.09. The van der Waals surface area contributed by atoms with Crippen molar-refractivity contribution in [3.63, 3.8) is 0 Å². The van der Waals surface area contributed by atoms with Crippen molar-refractivity contribution in [3.05, 3.63) is 24.3 Å². The first-order valence-corrected chi connectivity index (χ1v) is 5.02. The molecule has 1 N–H and O–H groups in total. The van der Waals surface area contributed by atoms with Gasteiger partial charge < -0.3 is 9.88 Å². The molecule has 0 bridgehead atoms. The molecule has 4 heteroatoms. The van der Waals surface area contributed by atoms with E-state index in [0.717, 1.165) is 18.7 Å². The van der Waals surface area contributed by atoms with E-state index in [1.807, 2.05) is 11.6 Å². The van der Waals surface area contributed by atoms with Crippen LogP contribution in [0.3, 0.4) is 0 Å². The molecular formula is C10H16N4. The second kappa shape index (κ2) is 3.92. The molecule has 0 saturated carbocycles. The molecule has 1 atom stereocenters. The van der Waals surface area contributed by atoms with Crippen molar-refractivity contribution in [3.8, 4) is 0 Å². The second-order valence-corrected chi connectivity index (χ2v) is 3.83. The van der Waals surface area contributed by atoms with Crippen LogP contribution >= 0.6 is 0 Å². The summed E-state index contributed by atoms with van der Waals surface area (Å²) in [6, 6.07) is 0.842. The molecule has 0 saturated heterocycles. The van der Waals surface area contributed by atoms with Crippen LogP contribution < -0.4 is 5.32 Å². The van der Waals surface area contributed by atoms with E-state index in [2.05, 4.69) is 34.6 Å². The number of nitrogens with one attached hydrogen (secondary N) is 1. The molecule has 0 radical (unpaired) electrons. The molecular weight excluding hydrogens is 176 g/mol. The standard InChI is InChI=1S/C10H16N4/c1-8(10-13-11-7-14(10)2)12-9-5-3-4-6-9/h3-4,7-9,12H,5-6H2,1-2H3. The fourth-order valence-electron chi connectivity index (χ4n) is 1.87. The number of hydrogen-bond acceptors (Lipinski definition) is 3. The SMILES string of the molecule is CC(NC1CC=CC1)c1nncn1C. The van der Waals surface area contributed by atoms with Crippen molar-refractivity contribution < 1.29 is 0 Å². The van der Waals surface area contributed by atoms with Gasteiger partial charge in [-0.2, -0.15) is 0 Å². The smallest absolute Gasteiger partial charge is 0.149 e. The van der Waals surface area contributed by atoms with Crippen LogP contribution in [-0.4, -0.2) is 20.8 Å². The molecule has 2 rings (SSSR count). The maximum atomic E-state index is 4.09. The molecule has 14 heavy (non-hydrogen) atoms. The van der Waals surface area contributed by atoms with E-state index >= 15 is 0 Å². The summed E-state index contributed by atoms with van der Waals surface area (Å²) in [6.07, 6.45) is 8.44. The number of aryl methyl sites for hydroxylation is 1. The normalized spacial score (nSPS) is 19.0. The molecule has 76 valence electrons. The highest BCUT2D eigenvalue weighted by molar-refractivity contribution is 5.01. The highest BCUT2D eigenvalue weighted by atomic mass is 15.3. The number of hydrogen-bond donors (Lipinski definition) is 1. The molecule has 1 aromatic heterocycles. The van der Waals surface area contributed by atoms with Crippen molar-refractivity contribution in [2.45, 2.75) is 31.8 Å². The molecule has 1 aliphatic rings. The van der Waals surface area contributed by atoms with Gasteiger partial charge in [0.2, 0.25) is 0 Å². The lowest BCUT2D eigenvalue weighted by Crippen LogP contribution is -2.30. The van der Waals surface area contributed by atoms with Crippen molar-refractivity contribution in [2.75, 3.05) is 0 Å². The predicted octanol–water partition coefficient (Wildman–Crippen LogP) is 1.18. The largest absolute Gasteiger partial charge is 0.319 e. The van der Waals surface area contributed by atoms with Crippen molar-refractivity contribution >= 4 is 0 Å². The van der Waals surface area contributed by atoms with Crippen molar-refractivity contribution in [1.82, 2.24) is 20.1 Å². The number of aromatic nitrogens is 3. The van der Waals surface area contributed by atoms with Gasteiger partial charge in [-0.05, 0) is 19.8 Å². The Morgan fingerprint density at radius 3 is 2.79 bits per heavy atom. The van der Waals surface area contributed by atoms with Crippen LogP contribution in [0.15, 0.2) is 18.5 Å². The Kier molecular flexibility index (Phi) is 2.63. The van der Waals surface area contributed by atoms with E-state index in [-0.39, 0.29) is 6.04 Å². The van der Waals surface area contributed by atoms with E-state index < -0.39 is 0 Å². The first-order chi connectivity index (χ1) is 6.77. The second-order valence-electron chi connectivity index (χ2n) is 3.83. The molecule has 0 aliphatic heterocycles. The zero-order valence-electron chi connectivity index (χ0n) is 8.64.